The van der Waals surface area contributed by atoms with E-state index in [0.29, 0.717) is 17.3 Å². The number of carbonyl (C=O) groups excluding carboxylic acids is 1. The van der Waals surface area contributed by atoms with Crippen molar-refractivity contribution in [2.45, 2.75) is 13.8 Å². The van der Waals surface area contributed by atoms with Crippen molar-refractivity contribution in [1.82, 2.24) is 9.97 Å². The van der Waals surface area contributed by atoms with Crippen molar-refractivity contribution >= 4 is 29.4 Å². The quantitative estimate of drug-likeness (QED) is 0.219. The zero-order valence-electron chi connectivity index (χ0n) is 15.8. The third-order valence-electron chi connectivity index (χ3n) is 3.80. The molecule has 2 aromatic carbocycles. The Morgan fingerprint density at radius 2 is 1.76 bits per heavy atom. The number of aromatic nitrogens is 2. The molecule has 1 aromatic heterocycles. The molecular weight excluding hydrogens is 372 g/mol. The van der Waals surface area contributed by atoms with Crippen molar-refractivity contribution in [3.63, 3.8) is 0 Å². The van der Waals surface area contributed by atoms with Crippen LogP contribution < -0.4 is 10.1 Å². The summed E-state index contributed by atoms with van der Waals surface area (Å²) in [7, 11) is 0. The number of nitro groups is 1. The molecule has 0 aliphatic heterocycles. The van der Waals surface area contributed by atoms with Crippen LogP contribution in [-0.2, 0) is 4.79 Å². The summed E-state index contributed by atoms with van der Waals surface area (Å²) in [5.41, 5.74) is 2.96. The Labute approximate surface area is 167 Å². The lowest BCUT2D eigenvalue weighted by molar-refractivity contribution is -0.384. The van der Waals surface area contributed by atoms with Gasteiger partial charge < -0.3 is 10.1 Å². The van der Waals surface area contributed by atoms with E-state index in [0.717, 1.165) is 17.1 Å². The molecule has 0 aliphatic rings. The van der Waals surface area contributed by atoms with Gasteiger partial charge in [0, 0.05) is 35.3 Å². The molecule has 0 radical (unpaired) electrons. The first-order valence-corrected chi connectivity index (χ1v) is 8.73. The molecule has 0 saturated carbocycles. The first-order chi connectivity index (χ1) is 13.9. The van der Waals surface area contributed by atoms with Gasteiger partial charge in [-0.25, -0.2) is 14.8 Å². The number of hydrogen-bond acceptors (Lipinski definition) is 7. The first kappa shape index (κ1) is 19.7. The Bertz CT molecular complexity index is 1060. The number of non-ortho nitro benzene ring substituents is 1. The number of anilines is 2. The molecule has 0 aliphatic carbocycles. The molecule has 8 heteroatoms. The minimum absolute atomic E-state index is 0.0450. The van der Waals surface area contributed by atoms with E-state index in [1.807, 2.05) is 19.9 Å². The molecule has 0 saturated heterocycles. The van der Waals surface area contributed by atoms with E-state index in [1.54, 1.807) is 36.4 Å². The summed E-state index contributed by atoms with van der Waals surface area (Å²) in [6.07, 6.45) is 2.68. The molecule has 29 heavy (non-hydrogen) atoms. The van der Waals surface area contributed by atoms with Crippen molar-refractivity contribution in [3.05, 3.63) is 87.7 Å². The number of nitro benzene ring substituents is 1. The number of nitrogens with one attached hydrogen (secondary N) is 1. The molecule has 0 unspecified atom stereocenters. The second kappa shape index (κ2) is 8.75. The summed E-state index contributed by atoms with van der Waals surface area (Å²) in [6, 6.07) is 14.6. The third kappa shape index (κ3) is 5.70. The largest absolute Gasteiger partial charge is 0.423 e. The molecule has 0 atom stereocenters. The summed E-state index contributed by atoms with van der Waals surface area (Å²) in [4.78, 5) is 30.9. The maximum atomic E-state index is 12.0. The molecular formula is C21H18N4O4. The van der Waals surface area contributed by atoms with E-state index in [2.05, 4.69) is 15.3 Å². The van der Waals surface area contributed by atoms with Crippen LogP contribution in [0, 0.1) is 24.0 Å². The van der Waals surface area contributed by atoms with E-state index in [4.69, 9.17) is 4.74 Å². The summed E-state index contributed by atoms with van der Waals surface area (Å²) in [5, 5.41) is 13.9. The predicted octanol–water partition coefficient (Wildman–Crippen LogP) is 4.36. The number of carbonyl (C=O) groups is 1. The van der Waals surface area contributed by atoms with Gasteiger partial charge in [-0.1, -0.05) is 12.1 Å². The first-order valence-electron chi connectivity index (χ1n) is 8.73. The normalized spacial score (nSPS) is 10.7. The lowest BCUT2D eigenvalue weighted by Gasteiger charge is -2.07. The highest BCUT2D eigenvalue weighted by Crippen LogP contribution is 2.19. The zero-order valence-corrected chi connectivity index (χ0v) is 15.8. The highest BCUT2D eigenvalue weighted by molar-refractivity contribution is 5.88. The SMILES string of the molecule is Cc1cc(C)nc(Nc2ccc(OC(=O)/C=C/c3cccc([N+](=O)[O-])c3)cc2)n1. The Morgan fingerprint density at radius 3 is 2.41 bits per heavy atom. The summed E-state index contributed by atoms with van der Waals surface area (Å²) < 4.78 is 5.24. The Kier molecular flexibility index (Phi) is 5.94. The van der Waals surface area contributed by atoms with Gasteiger partial charge in [0.2, 0.25) is 5.95 Å². The van der Waals surface area contributed by atoms with Gasteiger partial charge in [0.05, 0.1) is 4.92 Å². The Balaban J connectivity index is 1.61. The van der Waals surface area contributed by atoms with Gasteiger partial charge in [0.1, 0.15) is 5.75 Å². The van der Waals surface area contributed by atoms with Crippen LogP contribution in [0.25, 0.3) is 6.08 Å². The Morgan fingerprint density at radius 1 is 1.07 bits per heavy atom. The van der Waals surface area contributed by atoms with Crippen LogP contribution in [-0.4, -0.2) is 20.9 Å². The second-order valence-electron chi connectivity index (χ2n) is 6.23. The van der Waals surface area contributed by atoms with Crippen LogP contribution in [0.3, 0.4) is 0 Å². The summed E-state index contributed by atoms with van der Waals surface area (Å²) in [6.45, 7) is 3.78. The number of esters is 1. The standard InChI is InChI=1S/C21H18N4O4/c1-14-12-15(2)23-21(22-14)24-17-7-9-19(10-8-17)29-20(26)11-6-16-4-3-5-18(13-16)25(27)28/h3-13H,1-2H3,(H,22,23,24)/b11-6+. The van der Waals surface area contributed by atoms with Crippen LogP contribution in [0.2, 0.25) is 0 Å². The van der Waals surface area contributed by atoms with Gasteiger partial charge in [0.25, 0.3) is 5.69 Å². The number of aryl methyl sites for hydroxylation is 2. The number of benzene rings is 2. The van der Waals surface area contributed by atoms with Crippen LogP contribution in [0.15, 0.2) is 60.7 Å². The molecule has 1 heterocycles. The number of nitrogens with zero attached hydrogens (tertiary/aromatic N) is 3. The maximum Gasteiger partial charge on any atom is 0.336 e. The van der Waals surface area contributed by atoms with Crippen molar-refractivity contribution in [1.29, 1.82) is 0 Å². The topological polar surface area (TPSA) is 107 Å². The molecule has 0 fully saturated rings. The molecule has 1 N–H and O–H groups in total. The molecule has 0 bridgehead atoms. The van der Waals surface area contributed by atoms with Gasteiger partial charge in [-0.15, -0.1) is 0 Å². The lowest BCUT2D eigenvalue weighted by atomic mass is 10.2. The fraction of sp³-hybridized carbons (Fsp3) is 0.0952. The number of hydrogen-bond donors (Lipinski definition) is 1. The summed E-state index contributed by atoms with van der Waals surface area (Å²) in [5.74, 6) is 0.271. The highest BCUT2D eigenvalue weighted by atomic mass is 16.6. The van der Waals surface area contributed by atoms with Gasteiger partial charge >= 0.3 is 5.97 Å². The number of rotatable bonds is 6. The van der Waals surface area contributed by atoms with Crippen LogP contribution in [0.5, 0.6) is 5.75 Å². The predicted molar refractivity (Wildman–Crippen MR) is 109 cm³/mol. The van der Waals surface area contributed by atoms with Gasteiger partial charge in [-0.3, -0.25) is 10.1 Å². The van der Waals surface area contributed by atoms with Crippen LogP contribution in [0.1, 0.15) is 17.0 Å². The fourth-order valence-corrected chi connectivity index (χ4v) is 2.57. The van der Waals surface area contributed by atoms with Crippen molar-refractivity contribution in [2.24, 2.45) is 0 Å². The minimum Gasteiger partial charge on any atom is -0.423 e. The smallest absolute Gasteiger partial charge is 0.336 e. The fourth-order valence-electron chi connectivity index (χ4n) is 2.57. The van der Waals surface area contributed by atoms with E-state index < -0.39 is 10.9 Å². The molecule has 0 spiro atoms. The minimum atomic E-state index is -0.588. The third-order valence-corrected chi connectivity index (χ3v) is 3.80. The highest BCUT2D eigenvalue weighted by Gasteiger charge is 2.06. The van der Waals surface area contributed by atoms with Crippen molar-refractivity contribution in [3.8, 4) is 5.75 Å². The van der Waals surface area contributed by atoms with Crippen LogP contribution in [0.4, 0.5) is 17.3 Å². The maximum absolute atomic E-state index is 12.0. The molecule has 3 rings (SSSR count). The van der Waals surface area contributed by atoms with Crippen molar-refractivity contribution in [2.75, 3.05) is 5.32 Å². The average molecular weight is 390 g/mol. The van der Waals surface area contributed by atoms with E-state index in [9.17, 15) is 14.9 Å². The van der Waals surface area contributed by atoms with Gasteiger partial charge in [0.15, 0.2) is 0 Å². The monoisotopic (exact) mass is 390 g/mol. The zero-order chi connectivity index (χ0) is 20.8. The Hall–Kier alpha value is -4.07. The average Bonchev–Trinajstić information content (AvgIpc) is 2.67. The molecule has 8 nitrogen and oxygen atoms in total. The summed E-state index contributed by atoms with van der Waals surface area (Å²) >= 11 is 0. The molecule has 3 aromatic rings. The second-order valence-corrected chi connectivity index (χ2v) is 6.23. The van der Waals surface area contributed by atoms with Gasteiger partial charge in [-0.2, -0.15) is 0 Å². The lowest BCUT2D eigenvalue weighted by Crippen LogP contribution is -2.04. The van der Waals surface area contributed by atoms with Gasteiger partial charge in [-0.05, 0) is 55.8 Å². The molecule has 146 valence electrons. The molecule has 0 amide bonds. The number of ether oxygens (including phenoxy) is 1. The van der Waals surface area contributed by atoms with E-state index in [1.165, 1.54) is 24.3 Å². The van der Waals surface area contributed by atoms with Crippen molar-refractivity contribution < 1.29 is 14.5 Å². The van der Waals surface area contributed by atoms with Crippen LogP contribution >= 0.6 is 0 Å². The van der Waals surface area contributed by atoms with E-state index >= 15 is 0 Å². The van der Waals surface area contributed by atoms with E-state index in [-0.39, 0.29) is 5.69 Å².